The maximum Gasteiger partial charge on any atom is 0.271 e. The molecular weight excluding hydrogens is 256 g/mol. The topological polar surface area (TPSA) is 66.4 Å². The first-order valence-electron chi connectivity index (χ1n) is 7.19. The lowest BCUT2D eigenvalue weighted by Gasteiger charge is -2.30. The third-order valence-electron chi connectivity index (χ3n) is 4.03. The second-order valence-corrected chi connectivity index (χ2v) is 5.36. The van der Waals surface area contributed by atoms with E-state index in [1.54, 1.807) is 4.90 Å². The van der Waals surface area contributed by atoms with E-state index in [9.17, 15) is 9.59 Å². The Hall–Kier alpha value is -1.82. The molecule has 2 saturated heterocycles. The molecular formula is C14H20N4O2. The molecule has 20 heavy (non-hydrogen) atoms. The van der Waals surface area contributed by atoms with Crippen molar-refractivity contribution in [2.45, 2.75) is 18.9 Å². The van der Waals surface area contributed by atoms with Gasteiger partial charge in [0.2, 0.25) is 5.91 Å². The Kier molecular flexibility index (Phi) is 3.73. The van der Waals surface area contributed by atoms with Gasteiger partial charge in [0, 0.05) is 25.3 Å². The molecule has 2 N–H and O–H groups in total. The van der Waals surface area contributed by atoms with Crippen molar-refractivity contribution >= 4 is 11.8 Å². The number of piperazine rings is 1. The van der Waals surface area contributed by atoms with Gasteiger partial charge in [-0.3, -0.25) is 9.59 Å². The molecule has 2 aliphatic heterocycles. The minimum atomic E-state index is -0.0791. The third kappa shape index (κ3) is 2.56. The highest BCUT2D eigenvalue weighted by Gasteiger charge is 2.26. The van der Waals surface area contributed by atoms with Gasteiger partial charge in [0.05, 0.1) is 6.54 Å². The fourth-order valence-corrected chi connectivity index (χ4v) is 2.95. The van der Waals surface area contributed by atoms with Crippen LogP contribution in [0.5, 0.6) is 0 Å². The van der Waals surface area contributed by atoms with E-state index in [0.29, 0.717) is 24.8 Å². The molecule has 0 spiro atoms. The number of nitrogens with one attached hydrogen (secondary N) is 2. The molecule has 0 saturated carbocycles. The van der Waals surface area contributed by atoms with E-state index in [1.807, 2.05) is 18.3 Å². The number of nitrogens with zero attached hydrogens (tertiary/aromatic N) is 2. The van der Waals surface area contributed by atoms with Crippen LogP contribution in [0.3, 0.4) is 0 Å². The summed E-state index contributed by atoms with van der Waals surface area (Å²) < 4.78 is 2.08. The predicted octanol–water partition coefficient (Wildman–Crippen LogP) is -0.0154. The number of hydrogen-bond acceptors (Lipinski definition) is 3. The van der Waals surface area contributed by atoms with Gasteiger partial charge in [-0.05, 0) is 38.1 Å². The summed E-state index contributed by atoms with van der Waals surface area (Å²) in [5.74, 6) is -0.118. The molecule has 0 unspecified atom stereocenters. The molecule has 6 heteroatoms. The quantitative estimate of drug-likeness (QED) is 0.798. The number of aromatic nitrogens is 1. The molecule has 3 heterocycles. The van der Waals surface area contributed by atoms with Crippen molar-refractivity contribution in [3.8, 4) is 0 Å². The van der Waals surface area contributed by atoms with E-state index in [2.05, 4.69) is 15.2 Å². The van der Waals surface area contributed by atoms with Gasteiger partial charge in [0.15, 0.2) is 0 Å². The molecule has 6 nitrogen and oxygen atoms in total. The number of amides is 2. The van der Waals surface area contributed by atoms with Crippen molar-refractivity contribution in [2.75, 3.05) is 32.7 Å². The lowest BCUT2D eigenvalue weighted by atomic mass is 10.1. The zero-order valence-corrected chi connectivity index (χ0v) is 11.5. The second kappa shape index (κ2) is 5.66. The Balaban J connectivity index is 1.77. The van der Waals surface area contributed by atoms with Gasteiger partial charge in [-0.2, -0.15) is 0 Å². The number of piperidine rings is 1. The molecule has 2 amide bonds. The molecule has 0 bridgehead atoms. The molecule has 1 aromatic rings. The monoisotopic (exact) mass is 276 g/mol. The summed E-state index contributed by atoms with van der Waals surface area (Å²) in [6.45, 7) is 3.27. The fraction of sp³-hybridized carbons (Fsp3) is 0.571. The number of rotatable bonds is 2. The van der Waals surface area contributed by atoms with Crippen LogP contribution in [-0.4, -0.2) is 54.0 Å². The number of carbonyl (C=O) groups is 2. The predicted molar refractivity (Wildman–Crippen MR) is 74.5 cm³/mol. The van der Waals surface area contributed by atoms with Gasteiger partial charge in [-0.1, -0.05) is 0 Å². The van der Waals surface area contributed by atoms with Crippen LogP contribution in [0.25, 0.3) is 0 Å². The molecule has 2 aliphatic rings. The highest BCUT2D eigenvalue weighted by Crippen LogP contribution is 2.22. The smallest absolute Gasteiger partial charge is 0.271 e. The van der Waals surface area contributed by atoms with Gasteiger partial charge in [-0.15, -0.1) is 0 Å². The van der Waals surface area contributed by atoms with Crippen LogP contribution in [0.15, 0.2) is 18.3 Å². The Morgan fingerprint density at radius 2 is 2.05 bits per heavy atom. The molecule has 0 aromatic carbocycles. The van der Waals surface area contributed by atoms with Gasteiger partial charge in [0.1, 0.15) is 5.69 Å². The summed E-state index contributed by atoms with van der Waals surface area (Å²) in [6.07, 6.45) is 4.05. The summed E-state index contributed by atoms with van der Waals surface area (Å²) >= 11 is 0. The average molecular weight is 276 g/mol. The van der Waals surface area contributed by atoms with E-state index >= 15 is 0 Å². The van der Waals surface area contributed by atoms with Crippen molar-refractivity contribution in [2.24, 2.45) is 0 Å². The van der Waals surface area contributed by atoms with E-state index in [1.165, 1.54) is 0 Å². The maximum atomic E-state index is 12.6. The van der Waals surface area contributed by atoms with Gasteiger partial charge < -0.3 is 20.1 Å². The summed E-state index contributed by atoms with van der Waals surface area (Å²) in [6, 6.07) is 4.15. The van der Waals surface area contributed by atoms with Crippen molar-refractivity contribution in [3.05, 3.63) is 24.0 Å². The van der Waals surface area contributed by atoms with Gasteiger partial charge >= 0.3 is 0 Å². The van der Waals surface area contributed by atoms with Crippen LogP contribution >= 0.6 is 0 Å². The molecule has 2 fully saturated rings. The fourth-order valence-electron chi connectivity index (χ4n) is 2.95. The Morgan fingerprint density at radius 3 is 2.80 bits per heavy atom. The maximum absolute atomic E-state index is 12.6. The first-order chi connectivity index (χ1) is 9.75. The van der Waals surface area contributed by atoms with E-state index in [0.717, 1.165) is 25.9 Å². The summed E-state index contributed by atoms with van der Waals surface area (Å²) in [4.78, 5) is 25.6. The SMILES string of the molecule is O=C1CN(C(=O)c2cccn2C2CCNCC2)CCN1. The average Bonchev–Trinajstić information content (AvgIpc) is 2.97. The van der Waals surface area contributed by atoms with Crippen LogP contribution < -0.4 is 10.6 Å². The van der Waals surface area contributed by atoms with Gasteiger partial charge in [-0.25, -0.2) is 0 Å². The van der Waals surface area contributed by atoms with Crippen LogP contribution in [0, 0.1) is 0 Å². The Morgan fingerprint density at radius 1 is 1.25 bits per heavy atom. The first kappa shape index (κ1) is 13.2. The molecule has 0 aliphatic carbocycles. The first-order valence-corrected chi connectivity index (χ1v) is 7.19. The Bertz CT molecular complexity index is 505. The highest BCUT2D eigenvalue weighted by molar-refractivity contribution is 5.96. The minimum Gasteiger partial charge on any atom is -0.353 e. The van der Waals surface area contributed by atoms with Crippen LogP contribution in [0.4, 0.5) is 0 Å². The van der Waals surface area contributed by atoms with Gasteiger partial charge in [0.25, 0.3) is 5.91 Å². The molecule has 3 rings (SSSR count). The van der Waals surface area contributed by atoms with E-state index < -0.39 is 0 Å². The standard InChI is InChI=1S/C14H20N4O2/c19-13-10-17(9-7-16-13)14(20)12-2-1-8-18(12)11-3-5-15-6-4-11/h1-2,8,11,15H,3-7,9-10H2,(H,16,19). The van der Waals surface area contributed by atoms with Crippen molar-refractivity contribution < 1.29 is 9.59 Å². The van der Waals surface area contributed by atoms with E-state index in [-0.39, 0.29) is 18.4 Å². The lowest BCUT2D eigenvalue weighted by Crippen LogP contribution is -2.50. The number of hydrogen-bond donors (Lipinski definition) is 2. The van der Waals surface area contributed by atoms with Crippen LogP contribution in [0.2, 0.25) is 0 Å². The molecule has 0 radical (unpaired) electrons. The van der Waals surface area contributed by atoms with E-state index in [4.69, 9.17) is 0 Å². The van der Waals surface area contributed by atoms with Crippen LogP contribution in [0.1, 0.15) is 29.4 Å². The summed E-state index contributed by atoms with van der Waals surface area (Å²) in [5.41, 5.74) is 0.701. The largest absolute Gasteiger partial charge is 0.353 e. The van der Waals surface area contributed by atoms with Crippen molar-refractivity contribution in [1.29, 1.82) is 0 Å². The summed E-state index contributed by atoms with van der Waals surface area (Å²) in [5, 5.41) is 6.08. The zero-order valence-electron chi connectivity index (χ0n) is 11.5. The summed E-state index contributed by atoms with van der Waals surface area (Å²) in [7, 11) is 0. The molecule has 108 valence electrons. The lowest BCUT2D eigenvalue weighted by molar-refractivity contribution is -0.123. The highest BCUT2D eigenvalue weighted by atomic mass is 16.2. The van der Waals surface area contributed by atoms with Crippen molar-refractivity contribution in [1.82, 2.24) is 20.1 Å². The molecule has 0 atom stereocenters. The molecule has 1 aromatic heterocycles. The third-order valence-corrected chi connectivity index (χ3v) is 4.03. The zero-order chi connectivity index (χ0) is 13.9. The Labute approximate surface area is 118 Å². The minimum absolute atomic E-state index is 0.0385. The van der Waals surface area contributed by atoms with Crippen molar-refractivity contribution in [3.63, 3.8) is 0 Å². The number of carbonyl (C=O) groups excluding carboxylic acids is 2. The normalized spacial score (nSPS) is 20.8. The van der Waals surface area contributed by atoms with Crippen LogP contribution in [-0.2, 0) is 4.79 Å². The second-order valence-electron chi connectivity index (χ2n) is 5.36.